The van der Waals surface area contributed by atoms with E-state index in [1.807, 2.05) is 0 Å². The van der Waals surface area contributed by atoms with E-state index in [-0.39, 0.29) is 16.2 Å². The number of hydrogen-bond donors (Lipinski definition) is 0. The van der Waals surface area contributed by atoms with Crippen molar-refractivity contribution in [2.75, 3.05) is 9.80 Å². The molecule has 0 unspecified atom stereocenters. The summed E-state index contributed by atoms with van der Waals surface area (Å²) < 4.78 is 0. The SMILES string of the molecule is CC(C)c1ccc(N(c2ccc(C(C)(C)C)cc2)c2ccc3c(-c4ccc5c(c4)C(C)(C)c4ccc6ccccc6c4-5)c4cc(N(c5ccccc5)c5ccccc5)ccc4c(-c4ccc5c(c4)C(C)(C)c4ccc6ccccc6c4-5)c3c2)cc1. The van der Waals surface area contributed by atoms with Crippen LogP contribution in [-0.2, 0) is 16.2 Å². The standard InChI is InChI=1S/C83H70N2/c1-52(2)53-28-36-61(37-29-53)85(62-38-34-58(35-39-62)81(3,4)5)64-41-45-68-72(51-64)78(57-31-43-70-76(49-57)83(8,9)74-47-33-55-21-17-19-27-66(55)80(70)74)67-44-40-63(84(59-22-12-10-13-23-59)60-24-14-11-15-25-60)50-71(67)77(68)56-30-42-69-75(48-56)82(6,7)73-46-32-54-20-16-18-26-65(54)79(69)73/h10-52H,1-9H3. The van der Waals surface area contributed by atoms with E-state index in [2.05, 4.69) is 327 Å². The van der Waals surface area contributed by atoms with Gasteiger partial charge in [0.25, 0.3) is 0 Å². The third-order valence-corrected chi connectivity index (χ3v) is 19.1. The highest BCUT2D eigenvalue weighted by Gasteiger charge is 2.39. The van der Waals surface area contributed by atoms with Crippen molar-refractivity contribution in [1.82, 2.24) is 0 Å². The van der Waals surface area contributed by atoms with Crippen LogP contribution in [-0.4, -0.2) is 0 Å². The minimum Gasteiger partial charge on any atom is -0.310 e. The first-order chi connectivity index (χ1) is 41.1. The third-order valence-electron chi connectivity index (χ3n) is 19.1. The van der Waals surface area contributed by atoms with E-state index in [0.717, 1.165) is 34.1 Å². The zero-order valence-electron chi connectivity index (χ0n) is 50.2. The van der Waals surface area contributed by atoms with Gasteiger partial charge in [0.15, 0.2) is 0 Å². The summed E-state index contributed by atoms with van der Waals surface area (Å²) in [4.78, 5) is 4.88. The zero-order chi connectivity index (χ0) is 58.1. The minimum atomic E-state index is -0.237. The molecule has 15 rings (SSSR count). The van der Waals surface area contributed by atoms with Crippen LogP contribution in [0, 0.1) is 0 Å². The lowest BCUT2D eigenvalue weighted by Gasteiger charge is -2.29. The lowest BCUT2D eigenvalue weighted by molar-refractivity contribution is 0.590. The Labute approximate surface area is 501 Å². The van der Waals surface area contributed by atoms with Gasteiger partial charge in [-0.25, -0.2) is 0 Å². The summed E-state index contributed by atoms with van der Waals surface area (Å²) in [6, 6.07) is 96.8. The number of nitrogens with zero attached hydrogens (tertiary/aromatic N) is 2. The maximum absolute atomic E-state index is 2.55. The van der Waals surface area contributed by atoms with Crippen molar-refractivity contribution in [3.63, 3.8) is 0 Å². The van der Waals surface area contributed by atoms with Crippen LogP contribution in [0.1, 0.15) is 102 Å². The molecule has 0 N–H and O–H groups in total. The van der Waals surface area contributed by atoms with Crippen molar-refractivity contribution in [3.8, 4) is 44.5 Å². The fourth-order valence-electron chi connectivity index (χ4n) is 14.6. The molecule has 2 nitrogen and oxygen atoms in total. The van der Waals surface area contributed by atoms with Gasteiger partial charge in [0.2, 0.25) is 0 Å². The number of rotatable bonds is 9. The van der Waals surface area contributed by atoms with Crippen LogP contribution in [0.5, 0.6) is 0 Å². The molecule has 0 fully saturated rings. The molecule has 0 bridgehead atoms. The summed E-state index contributed by atoms with van der Waals surface area (Å²) in [5.74, 6) is 0.415. The normalized spacial score (nSPS) is 13.8. The second kappa shape index (κ2) is 19.5. The molecule has 0 atom stereocenters. The average Bonchev–Trinajstić information content (AvgIpc) is 1.74. The quantitative estimate of drug-likeness (QED) is 0.133. The Morgan fingerprint density at radius 2 is 0.694 bits per heavy atom. The van der Waals surface area contributed by atoms with Crippen molar-refractivity contribution in [3.05, 3.63) is 288 Å². The van der Waals surface area contributed by atoms with Crippen molar-refractivity contribution < 1.29 is 0 Å². The van der Waals surface area contributed by atoms with E-state index in [1.54, 1.807) is 0 Å². The van der Waals surface area contributed by atoms with Crippen molar-refractivity contribution in [2.45, 2.75) is 84.5 Å². The largest absolute Gasteiger partial charge is 0.310 e. The highest BCUT2D eigenvalue weighted by molar-refractivity contribution is 6.23. The summed E-state index contributed by atoms with van der Waals surface area (Å²) in [7, 11) is 0. The van der Waals surface area contributed by atoms with Crippen LogP contribution in [0.15, 0.2) is 255 Å². The first-order valence-electron chi connectivity index (χ1n) is 30.4. The molecule has 0 amide bonds. The Kier molecular flexibility index (Phi) is 12.0. The maximum atomic E-state index is 2.55. The van der Waals surface area contributed by atoms with Crippen LogP contribution in [0.25, 0.3) is 87.6 Å². The molecular formula is C83H70N2. The Morgan fingerprint density at radius 1 is 0.306 bits per heavy atom. The number of para-hydroxylation sites is 2. The number of benzene rings is 13. The highest BCUT2D eigenvalue weighted by atomic mass is 15.1. The second-order valence-corrected chi connectivity index (χ2v) is 26.3. The monoisotopic (exact) mass is 1090 g/mol. The van der Waals surface area contributed by atoms with Gasteiger partial charge in [0.05, 0.1) is 0 Å². The molecule has 0 saturated heterocycles. The van der Waals surface area contributed by atoms with E-state index < -0.39 is 0 Å². The summed E-state index contributed by atoms with van der Waals surface area (Å²) in [6.07, 6.45) is 0. The lowest BCUT2D eigenvalue weighted by atomic mass is 9.79. The number of hydrogen-bond acceptors (Lipinski definition) is 2. The van der Waals surface area contributed by atoms with E-state index in [0.29, 0.717) is 5.92 Å². The predicted molar refractivity (Wildman–Crippen MR) is 365 cm³/mol. The summed E-state index contributed by atoms with van der Waals surface area (Å²) in [5.41, 5.74) is 24.5. The van der Waals surface area contributed by atoms with E-state index >= 15 is 0 Å². The zero-order valence-corrected chi connectivity index (χ0v) is 50.2. The fraction of sp³-hybridized carbons (Fsp3) is 0.157. The summed E-state index contributed by atoms with van der Waals surface area (Å²) >= 11 is 0. The van der Waals surface area contributed by atoms with Gasteiger partial charge >= 0.3 is 0 Å². The predicted octanol–water partition coefficient (Wildman–Crippen LogP) is 23.6. The molecule has 0 aromatic heterocycles. The molecule has 2 aliphatic carbocycles. The molecule has 0 spiro atoms. The van der Waals surface area contributed by atoms with Gasteiger partial charge in [0, 0.05) is 45.0 Å². The number of anilines is 6. The molecule has 0 saturated carbocycles. The Bertz CT molecular complexity index is 4770. The topological polar surface area (TPSA) is 6.48 Å². The molecular weight excluding hydrogens is 1020 g/mol. The Hall–Kier alpha value is -9.50. The van der Waals surface area contributed by atoms with Gasteiger partial charge in [-0.3, -0.25) is 0 Å². The maximum Gasteiger partial charge on any atom is 0.0468 e. The first kappa shape index (κ1) is 52.3. The van der Waals surface area contributed by atoms with E-state index in [9.17, 15) is 0 Å². The minimum absolute atomic E-state index is 0.0128. The molecule has 85 heavy (non-hydrogen) atoms. The molecule has 0 heterocycles. The van der Waals surface area contributed by atoms with Crippen molar-refractivity contribution in [2.24, 2.45) is 0 Å². The van der Waals surface area contributed by atoms with E-state index in [1.165, 1.54) is 121 Å². The van der Waals surface area contributed by atoms with Crippen LogP contribution in [0.2, 0.25) is 0 Å². The molecule has 13 aromatic carbocycles. The smallest absolute Gasteiger partial charge is 0.0468 e. The van der Waals surface area contributed by atoms with Crippen molar-refractivity contribution in [1.29, 1.82) is 0 Å². The molecule has 2 heteroatoms. The van der Waals surface area contributed by atoms with Gasteiger partial charge in [-0.15, -0.1) is 0 Å². The molecule has 0 aliphatic heterocycles. The first-order valence-corrected chi connectivity index (χ1v) is 30.4. The van der Waals surface area contributed by atoms with Gasteiger partial charge in [0.1, 0.15) is 0 Å². The molecule has 0 radical (unpaired) electrons. The molecule has 2 aliphatic rings. The van der Waals surface area contributed by atoms with Crippen LogP contribution in [0.3, 0.4) is 0 Å². The Morgan fingerprint density at radius 3 is 1.12 bits per heavy atom. The summed E-state index contributed by atoms with van der Waals surface area (Å²) in [6.45, 7) is 21.1. The molecule has 412 valence electrons. The fourth-order valence-corrected chi connectivity index (χ4v) is 14.6. The summed E-state index contributed by atoms with van der Waals surface area (Å²) in [5, 5.41) is 9.99. The van der Waals surface area contributed by atoms with Crippen LogP contribution in [0.4, 0.5) is 34.1 Å². The number of fused-ring (bicyclic) bond motifs is 12. The van der Waals surface area contributed by atoms with Crippen molar-refractivity contribution >= 4 is 77.2 Å². The van der Waals surface area contributed by atoms with Gasteiger partial charge in [-0.05, 0) is 217 Å². The van der Waals surface area contributed by atoms with E-state index in [4.69, 9.17) is 0 Å². The van der Waals surface area contributed by atoms with Gasteiger partial charge in [-0.1, -0.05) is 232 Å². The average molecular weight is 1100 g/mol. The van der Waals surface area contributed by atoms with Crippen LogP contribution < -0.4 is 9.80 Å². The lowest BCUT2D eigenvalue weighted by Crippen LogP contribution is -2.15. The third kappa shape index (κ3) is 8.35. The van der Waals surface area contributed by atoms with Crippen LogP contribution >= 0.6 is 0 Å². The second-order valence-electron chi connectivity index (χ2n) is 26.3. The highest BCUT2D eigenvalue weighted by Crippen LogP contribution is 2.57. The van der Waals surface area contributed by atoms with Gasteiger partial charge < -0.3 is 9.80 Å². The van der Waals surface area contributed by atoms with Gasteiger partial charge in [-0.2, -0.15) is 0 Å². The Balaban J connectivity index is 1.05. The molecule has 13 aromatic rings.